The number of sulfonamides is 1. The Bertz CT molecular complexity index is 1880. The molecule has 0 unspecified atom stereocenters. The molecular weight excluding hydrogens is 581 g/mol. The van der Waals surface area contributed by atoms with Crippen LogP contribution in [-0.4, -0.2) is 50.5 Å². The fourth-order valence-electron chi connectivity index (χ4n) is 3.81. The van der Waals surface area contributed by atoms with Crippen LogP contribution >= 0.6 is 11.6 Å². The third-order valence-corrected chi connectivity index (χ3v) is 7.42. The number of carbonyl (C=O) groups excluding carboxylic acids is 1. The minimum atomic E-state index is -4.37. The van der Waals surface area contributed by atoms with E-state index < -0.39 is 43.0 Å². The zero-order valence-electron chi connectivity index (χ0n) is 20.9. The Morgan fingerprint density at radius 1 is 1.17 bits per heavy atom. The van der Waals surface area contributed by atoms with Gasteiger partial charge >= 0.3 is 0 Å². The van der Waals surface area contributed by atoms with E-state index in [9.17, 15) is 22.7 Å². The van der Waals surface area contributed by atoms with Crippen LogP contribution in [0.4, 0.5) is 22.0 Å². The van der Waals surface area contributed by atoms with Gasteiger partial charge < -0.3 is 26.3 Å². The molecule has 14 nitrogen and oxygen atoms in total. The monoisotopic (exact) mass is 601 g/mol. The molecule has 0 spiro atoms. The summed E-state index contributed by atoms with van der Waals surface area (Å²) in [6, 6.07) is 9.20. The maximum Gasteiger partial charge on any atom is 0.262 e. The molecule has 0 saturated heterocycles. The van der Waals surface area contributed by atoms with Gasteiger partial charge in [-0.2, -0.15) is 19.5 Å². The molecule has 0 bridgehead atoms. The normalized spacial score (nSPS) is 11.6. The molecule has 5 rings (SSSR count). The number of aryl methyl sites for hydroxylation is 1. The molecular formula is C24H21ClFN9O5S. The minimum absolute atomic E-state index is 0.0725. The molecule has 0 atom stereocenters. The number of amides is 1. The number of hydrogen-bond acceptors (Lipinski definition) is 11. The third-order valence-electron chi connectivity index (χ3n) is 5.79. The van der Waals surface area contributed by atoms with E-state index in [1.54, 1.807) is 18.2 Å². The van der Waals surface area contributed by atoms with Gasteiger partial charge in [-0.05, 0) is 54.8 Å². The SMILES string of the molecule is NC(=O)c1cc(S(=O)(=O)Nc2ccc(CCCNc3nc(N)n4nc(-c5ccco5)nc4n3)cc2F)cc(Cl)c1O. The van der Waals surface area contributed by atoms with Crippen LogP contribution < -0.4 is 21.5 Å². The number of nitrogen functional groups attached to an aromatic ring is 1. The average molecular weight is 602 g/mol. The van der Waals surface area contributed by atoms with Gasteiger partial charge in [0.1, 0.15) is 11.6 Å². The molecule has 41 heavy (non-hydrogen) atoms. The summed E-state index contributed by atoms with van der Waals surface area (Å²) >= 11 is 5.82. The zero-order valence-corrected chi connectivity index (χ0v) is 22.4. The van der Waals surface area contributed by atoms with Crippen LogP contribution in [0, 0.1) is 5.82 Å². The summed E-state index contributed by atoms with van der Waals surface area (Å²) < 4.78 is 49.0. The first-order valence-corrected chi connectivity index (χ1v) is 13.7. The summed E-state index contributed by atoms with van der Waals surface area (Å²) in [5.41, 5.74) is 10.9. The molecule has 17 heteroatoms. The summed E-state index contributed by atoms with van der Waals surface area (Å²) in [6.07, 6.45) is 2.49. The number of aromatic hydroxyl groups is 1. The Kier molecular flexibility index (Phi) is 7.34. The van der Waals surface area contributed by atoms with Crippen LogP contribution in [0.25, 0.3) is 17.4 Å². The Labute approximate surface area is 236 Å². The minimum Gasteiger partial charge on any atom is -0.506 e. The Balaban J connectivity index is 1.21. The highest BCUT2D eigenvalue weighted by atomic mass is 35.5. The number of aromatic nitrogens is 5. The van der Waals surface area contributed by atoms with E-state index >= 15 is 0 Å². The number of anilines is 3. The van der Waals surface area contributed by atoms with Crippen LogP contribution in [0.15, 0.2) is 58.0 Å². The smallest absolute Gasteiger partial charge is 0.262 e. The summed E-state index contributed by atoms with van der Waals surface area (Å²) in [5.74, 6) is -1.26. The average Bonchev–Trinajstić information content (AvgIpc) is 3.60. The van der Waals surface area contributed by atoms with E-state index in [1.165, 1.54) is 22.9 Å². The summed E-state index contributed by atoms with van der Waals surface area (Å²) in [4.78, 5) is 23.8. The predicted octanol–water partition coefficient (Wildman–Crippen LogP) is 2.80. The summed E-state index contributed by atoms with van der Waals surface area (Å²) in [6.45, 7) is 0.411. The molecule has 0 aliphatic rings. The molecule has 0 fully saturated rings. The van der Waals surface area contributed by atoms with Gasteiger partial charge in [-0.1, -0.05) is 17.7 Å². The van der Waals surface area contributed by atoms with Gasteiger partial charge in [0.15, 0.2) is 5.76 Å². The summed E-state index contributed by atoms with van der Waals surface area (Å²) in [7, 11) is -4.37. The third kappa shape index (κ3) is 5.82. The lowest BCUT2D eigenvalue weighted by Crippen LogP contribution is -2.17. The fourth-order valence-corrected chi connectivity index (χ4v) is 5.21. The number of nitrogens with zero attached hydrogens (tertiary/aromatic N) is 5. The van der Waals surface area contributed by atoms with Crippen molar-refractivity contribution in [3.05, 3.63) is 70.7 Å². The number of phenols is 1. The second-order valence-corrected chi connectivity index (χ2v) is 10.7. The number of carbonyl (C=O) groups is 1. The van der Waals surface area contributed by atoms with Crippen LogP contribution in [0.1, 0.15) is 22.3 Å². The molecule has 3 aromatic heterocycles. The van der Waals surface area contributed by atoms with Gasteiger partial charge in [-0.25, -0.2) is 12.8 Å². The van der Waals surface area contributed by atoms with Crippen molar-refractivity contribution in [1.82, 2.24) is 24.6 Å². The van der Waals surface area contributed by atoms with E-state index in [1.807, 2.05) is 0 Å². The Hall–Kier alpha value is -4.96. The van der Waals surface area contributed by atoms with Gasteiger partial charge in [0, 0.05) is 6.54 Å². The van der Waals surface area contributed by atoms with Crippen molar-refractivity contribution in [2.75, 3.05) is 22.3 Å². The van der Waals surface area contributed by atoms with Crippen LogP contribution in [0.3, 0.4) is 0 Å². The van der Waals surface area contributed by atoms with E-state index in [0.717, 1.165) is 12.1 Å². The lowest BCUT2D eigenvalue weighted by molar-refractivity contribution is 0.0997. The van der Waals surface area contributed by atoms with Gasteiger partial charge in [0.05, 0.1) is 27.4 Å². The second kappa shape index (κ2) is 10.9. The van der Waals surface area contributed by atoms with Gasteiger partial charge in [0.25, 0.3) is 21.7 Å². The number of nitrogens with one attached hydrogen (secondary N) is 2. The molecule has 0 aliphatic carbocycles. The molecule has 0 radical (unpaired) electrons. The molecule has 0 saturated carbocycles. The maximum absolute atomic E-state index is 14.8. The number of halogens is 2. The topological polar surface area (TPSA) is 217 Å². The van der Waals surface area contributed by atoms with Crippen molar-refractivity contribution in [3.63, 3.8) is 0 Å². The lowest BCUT2D eigenvalue weighted by Gasteiger charge is -2.12. The number of furan rings is 1. The van der Waals surface area contributed by atoms with Crippen molar-refractivity contribution >= 4 is 50.9 Å². The number of benzene rings is 2. The van der Waals surface area contributed by atoms with E-state index in [2.05, 4.69) is 30.1 Å². The van der Waals surface area contributed by atoms with Crippen molar-refractivity contribution in [2.45, 2.75) is 17.7 Å². The van der Waals surface area contributed by atoms with Crippen LogP contribution in [-0.2, 0) is 16.4 Å². The van der Waals surface area contributed by atoms with Crippen molar-refractivity contribution in [1.29, 1.82) is 0 Å². The largest absolute Gasteiger partial charge is 0.506 e. The van der Waals surface area contributed by atoms with E-state index in [-0.39, 0.29) is 23.4 Å². The van der Waals surface area contributed by atoms with E-state index in [4.69, 9.17) is 27.5 Å². The highest BCUT2D eigenvalue weighted by molar-refractivity contribution is 7.92. The lowest BCUT2D eigenvalue weighted by atomic mass is 10.1. The van der Waals surface area contributed by atoms with E-state index in [0.29, 0.717) is 36.5 Å². The molecule has 7 N–H and O–H groups in total. The molecule has 1 amide bonds. The summed E-state index contributed by atoms with van der Waals surface area (Å²) in [5, 5.41) is 16.7. The standard InChI is InChI=1S/C24H21ClFN9O5S/c25-15-11-13(10-14(19(15)36)20(27)37)41(38,39)34-17-6-5-12(9-16(17)26)3-1-7-29-23-31-22(28)35-24(32-23)30-21(33-35)18-4-2-8-40-18/h2,4-6,8-11,34,36H,1,3,7H2,(H2,27,37)(H3,28,29,30,31,32,33). The maximum atomic E-state index is 14.8. The molecule has 0 aliphatic heterocycles. The van der Waals surface area contributed by atoms with Crippen LogP contribution in [0.2, 0.25) is 5.02 Å². The molecule has 5 aromatic rings. The number of primary amides is 1. The first-order valence-electron chi connectivity index (χ1n) is 11.8. The van der Waals surface area contributed by atoms with Crippen molar-refractivity contribution in [2.24, 2.45) is 5.73 Å². The second-order valence-electron chi connectivity index (χ2n) is 8.65. The first-order chi connectivity index (χ1) is 19.5. The number of nitrogens with two attached hydrogens (primary N) is 2. The number of fused-ring (bicyclic) bond motifs is 1. The van der Waals surface area contributed by atoms with Crippen LogP contribution in [0.5, 0.6) is 5.75 Å². The van der Waals surface area contributed by atoms with Crippen molar-refractivity contribution in [3.8, 4) is 17.3 Å². The highest BCUT2D eigenvalue weighted by Gasteiger charge is 2.22. The van der Waals surface area contributed by atoms with Gasteiger partial charge in [0.2, 0.25) is 17.7 Å². The quantitative estimate of drug-likeness (QED) is 0.147. The number of hydrogen-bond donors (Lipinski definition) is 5. The number of rotatable bonds is 10. The predicted molar refractivity (Wildman–Crippen MR) is 146 cm³/mol. The molecule has 3 heterocycles. The Morgan fingerprint density at radius 2 is 1.98 bits per heavy atom. The molecule has 2 aromatic carbocycles. The Morgan fingerprint density at radius 3 is 2.68 bits per heavy atom. The van der Waals surface area contributed by atoms with Crippen molar-refractivity contribution < 1.29 is 27.1 Å². The first kappa shape index (κ1) is 27.6. The molecule has 212 valence electrons. The van der Waals surface area contributed by atoms with Gasteiger partial charge in [-0.3, -0.25) is 9.52 Å². The zero-order chi connectivity index (χ0) is 29.3. The highest BCUT2D eigenvalue weighted by Crippen LogP contribution is 2.31. The fraction of sp³-hybridized carbons (Fsp3) is 0.125. The van der Waals surface area contributed by atoms with Gasteiger partial charge in [-0.15, -0.1) is 5.10 Å².